The zero-order valence-corrected chi connectivity index (χ0v) is 5.65. The van der Waals surface area contributed by atoms with Crippen molar-refractivity contribution < 1.29 is 46.4 Å². The largest absolute Gasteiger partial charge is 0 e. The van der Waals surface area contributed by atoms with E-state index in [0.717, 1.165) is 0 Å². The van der Waals surface area contributed by atoms with Crippen LogP contribution in [0.3, 0.4) is 0 Å². The van der Waals surface area contributed by atoms with E-state index >= 15 is 0 Å². The molecule has 0 aliphatic carbocycles. The van der Waals surface area contributed by atoms with Crippen LogP contribution in [0, 0.1) is 0 Å². The Bertz CT molecular complexity index is 61.1. The van der Waals surface area contributed by atoms with Gasteiger partial charge in [0.1, 0.15) is 0 Å². The van der Waals surface area contributed by atoms with E-state index in [1.807, 2.05) is 0 Å². The summed E-state index contributed by atoms with van der Waals surface area (Å²) in [5.41, 5.74) is 0. The molecule has 5 nitrogen and oxygen atoms in total. The van der Waals surface area contributed by atoms with Crippen LogP contribution in [0.5, 0.6) is 0 Å². The molecule has 0 aromatic heterocycles. The average Bonchev–Trinajstić information content (AvgIpc) is 0.722. The normalized spacial score (nSPS) is 6.56. The van der Waals surface area contributed by atoms with E-state index in [1.54, 1.807) is 0 Å². The second-order valence-electron chi connectivity index (χ2n) is 0.513. The summed E-state index contributed by atoms with van der Waals surface area (Å²) in [7, 11) is -4.64. The Morgan fingerprint density at radius 3 is 1.00 bits per heavy atom. The fraction of sp³-hybridized carbons (Fsp3) is 0. The first kappa shape index (κ1) is 30.6. The number of hydrogen-bond acceptors (Lipinski definition) is 1. The molecule has 0 bridgehead atoms. The van der Waals surface area contributed by atoms with Gasteiger partial charge in [0.15, 0.2) is 0 Å². The van der Waals surface area contributed by atoms with E-state index in [-0.39, 0.29) is 64.9 Å². The third-order valence-electron chi connectivity index (χ3n) is 0. The van der Waals surface area contributed by atoms with Crippen LogP contribution in [0.15, 0.2) is 0 Å². The van der Waals surface area contributed by atoms with E-state index in [0.29, 0.717) is 0 Å². The van der Waals surface area contributed by atoms with Crippen molar-refractivity contribution in [2.24, 2.45) is 0 Å². The van der Waals surface area contributed by atoms with E-state index < -0.39 is 7.82 Å². The minimum absolute atomic E-state index is 0. The summed E-state index contributed by atoms with van der Waals surface area (Å²) in [5.74, 6) is 0. The SMILES string of the molecule is O.O=P(O)(O)O.[LiH].[LiH].[Ti]. The van der Waals surface area contributed by atoms with Crippen LogP contribution in [-0.4, -0.2) is 57.9 Å². The summed E-state index contributed by atoms with van der Waals surface area (Å²) < 4.78 is 8.88. The first-order valence-electron chi connectivity index (χ1n) is 0.783. The minimum Gasteiger partial charge on any atom is 0 e. The van der Waals surface area contributed by atoms with E-state index in [4.69, 9.17) is 19.2 Å². The Hall–Kier alpha value is 1.98. The molecular weight excluding hydrogens is 173 g/mol. The van der Waals surface area contributed by atoms with Gasteiger partial charge in [-0.2, -0.15) is 0 Å². The molecule has 9 heteroatoms. The molecule has 0 spiro atoms. The molecule has 0 atom stereocenters. The van der Waals surface area contributed by atoms with Gasteiger partial charge in [0.2, 0.25) is 0 Å². The molecule has 9 heavy (non-hydrogen) atoms. The number of hydrogen-bond donors (Lipinski definition) is 3. The second-order valence-corrected chi connectivity index (χ2v) is 1.54. The van der Waals surface area contributed by atoms with Crippen molar-refractivity contribution in [3.05, 3.63) is 0 Å². The van der Waals surface area contributed by atoms with E-state index in [2.05, 4.69) is 0 Å². The van der Waals surface area contributed by atoms with Crippen molar-refractivity contribution in [3.8, 4) is 0 Å². The quantitative estimate of drug-likeness (QED) is 0.271. The zero-order chi connectivity index (χ0) is 4.50. The van der Waals surface area contributed by atoms with Gasteiger partial charge in [-0.05, 0) is 0 Å². The molecule has 0 aromatic rings. The Labute approximate surface area is 91.4 Å². The molecule has 0 aliphatic rings. The Kier molecular flexibility index (Phi) is 42.9. The van der Waals surface area contributed by atoms with Gasteiger partial charge in [-0.1, -0.05) is 0 Å². The molecular formula is H7Li2O5PTi. The maximum Gasteiger partial charge on any atom is 0 e. The third kappa shape index (κ3) is 162. The van der Waals surface area contributed by atoms with Gasteiger partial charge in [0.25, 0.3) is 0 Å². The summed E-state index contributed by atoms with van der Waals surface area (Å²) in [6, 6.07) is 0. The fourth-order valence-corrected chi connectivity index (χ4v) is 0. The molecule has 0 fully saturated rings. The van der Waals surface area contributed by atoms with Crippen LogP contribution < -0.4 is 0 Å². The maximum atomic E-state index is 8.88. The minimum atomic E-state index is -4.64. The van der Waals surface area contributed by atoms with Crippen molar-refractivity contribution in [1.82, 2.24) is 0 Å². The number of rotatable bonds is 0. The van der Waals surface area contributed by atoms with Crippen molar-refractivity contribution >= 4 is 45.5 Å². The first-order chi connectivity index (χ1) is 2.00. The zero-order valence-electron chi connectivity index (χ0n) is 3.20. The monoisotopic (exact) mass is 180 g/mol. The third-order valence-corrected chi connectivity index (χ3v) is 0. The van der Waals surface area contributed by atoms with Crippen molar-refractivity contribution in [2.45, 2.75) is 0 Å². The molecule has 0 aliphatic heterocycles. The topological polar surface area (TPSA) is 109 Å². The van der Waals surface area contributed by atoms with Crippen LogP contribution in [-0.2, 0) is 26.3 Å². The summed E-state index contributed by atoms with van der Waals surface area (Å²) >= 11 is 0. The molecule has 0 saturated carbocycles. The number of phosphoric acid groups is 1. The summed E-state index contributed by atoms with van der Waals surface area (Å²) in [5, 5.41) is 0. The van der Waals surface area contributed by atoms with Crippen molar-refractivity contribution in [2.75, 3.05) is 0 Å². The van der Waals surface area contributed by atoms with Gasteiger partial charge in [-0.15, -0.1) is 0 Å². The smallest absolute Gasteiger partial charge is 0 e. The molecule has 0 rings (SSSR count). The Balaban J connectivity index is -0.0000000133. The fourth-order valence-electron chi connectivity index (χ4n) is 0. The van der Waals surface area contributed by atoms with Gasteiger partial charge in [-0.3, -0.25) is 0 Å². The van der Waals surface area contributed by atoms with Crippen LogP contribution in [0.1, 0.15) is 0 Å². The molecule has 0 unspecified atom stereocenters. The van der Waals surface area contributed by atoms with Gasteiger partial charge in [0.05, 0.1) is 0 Å². The van der Waals surface area contributed by atoms with Crippen molar-refractivity contribution in [1.29, 1.82) is 0 Å². The molecule has 0 aromatic carbocycles. The van der Waals surface area contributed by atoms with Gasteiger partial charge < -0.3 is 20.2 Å². The standard InChI is InChI=1S/2Li.H3O4P.H2O.Ti.2H/c;;1-5(2,3)4;;;;/h;;(H3,1,2,3,4);1H2;;;. The predicted octanol–water partition coefficient (Wildman–Crippen LogP) is -3.05. The Morgan fingerprint density at radius 2 is 1.00 bits per heavy atom. The maximum absolute atomic E-state index is 8.88. The van der Waals surface area contributed by atoms with Gasteiger partial charge in [0, 0.05) is 21.7 Å². The van der Waals surface area contributed by atoms with Gasteiger partial charge >= 0.3 is 45.5 Å². The second kappa shape index (κ2) is 12.6. The predicted molar refractivity (Wildman–Crippen MR) is 32.2 cm³/mol. The summed E-state index contributed by atoms with van der Waals surface area (Å²) in [4.78, 5) is 21.6. The Morgan fingerprint density at radius 1 is 1.00 bits per heavy atom. The van der Waals surface area contributed by atoms with Crippen LogP contribution in [0.2, 0.25) is 0 Å². The van der Waals surface area contributed by atoms with E-state index in [1.165, 1.54) is 0 Å². The molecule has 0 radical (unpaired) electrons. The molecule has 0 saturated heterocycles. The molecule has 0 amide bonds. The van der Waals surface area contributed by atoms with E-state index in [9.17, 15) is 0 Å². The summed E-state index contributed by atoms with van der Waals surface area (Å²) in [6.07, 6.45) is 0. The van der Waals surface area contributed by atoms with Crippen LogP contribution >= 0.6 is 7.82 Å². The first-order valence-corrected chi connectivity index (χ1v) is 2.35. The van der Waals surface area contributed by atoms with Crippen LogP contribution in [0.4, 0.5) is 0 Å². The molecule has 5 N–H and O–H groups in total. The molecule has 48 valence electrons. The molecule has 0 heterocycles. The average molecular weight is 180 g/mol. The van der Waals surface area contributed by atoms with Crippen LogP contribution in [0.25, 0.3) is 0 Å². The summed E-state index contributed by atoms with van der Waals surface area (Å²) in [6.45, 7) is 0. The van der Waals surface area contributed by atoms with Gasteiger partial charge in [-0.25, -0.2) is 4.57 Å². The van der Waals surface area contributed by atoms with Crippen molar-refractivity contribution in [3.63, 3.8) is 0 Å².